The molecule has 3 aromatic rings. The third-order valence-corrected chi connectivity index (χ3v) is 6.30. The van der Waals surface area contributed by atoms with Crippen molar-refractivity contribution in [1.29, 1.82) is 5.26 Å². The summed E-state index contributed by atoms with van der Waals surface area (Å²) in [6.45, 7) is 8.18. The molecule has 0 spiro atoms. The molecule has 5 nitrogen and oxygen atoms in total. The monoisotopic (exact) mass is 415 g/mol. The maximum absolute atomic E-state index is 12.5. The van der Waals surface area contributed by atoms with Crippen LogP contribution in [-0.4, -0.2) is 23.8 Å². The van der Waals surface area contributed by atoms with Crippen molar-refractivity contribution >= 4 is 16.6 Å². The molecular formula is C26H29N3O2. The van der Waals surface area contributed by atoms with E-state index in [0.29, 0.717) is 11.5 Å². The van der Waals surface area contributed by atoms with Gasteiger partial charge in [0, 0.05) is 44.4 Å². The molecule has 2 heterocycles. The minimum absolute atomic E-state index is 0.0358. The number of fused-ring (bicyclic) bond motifs is 1. The number of aryl methyl sites for hydroxylation is 2. The summed E-state index contributed by atoms with van der Waals surface area (Å²) in [5.74, 6) is 1.44. The average molecular weight is 416 g/mol. The highest BCUT2D eigenvalue weighted by atomic mass is 16.5. The lowest BCUT2D eigenvalue weighted by Gasteiger charge is -2.34. The third kappa shape index (κ3) is 4.16. The van der Waals surface area contributed by atoms with Crippen LogP contribution in [0, 0.1) is 18.3 Å². The fourth-order valence-electron chi connectivity index (χ4n) is 4.55. The summed E-state index contributed by atoms with van der Waals surface area (Å²) < 4.78 is 7.92. The normalized spacial score (nSPS) is 14.8. The molecule has 0 aliphatic carbocycles. The Bertz CT molecular complexity index is 1210. The zero-order chi connectivity index (χ0) is 22.1. The summed E-state index contributed by atoms with van der Waals surface area (Å²) in [6.07, 6.45) is 1.94. The smallest absolute Gasteiger partial charge is 0.252 e. The van der Waals surface area contributed by atoms with Crippen LogP contribution in [0.4, 0.5) is 5.69 Å². The van der Waals surface area contributed by atoms with E-state index in [1.165, 1.54) is 11.1 Å². The maximum Gasteiger partial charge on any atom is 0.252 e. The molecule has 0 N–H and O–H groups in total. The molecule has 0 saturated carbocycles. The maximum atomic E-state index is 12.5. The van der Waals surface area contributed by atoms with E-state index in [1.807, 2.05) is 12.1 Å². The highest BCUT2D eigenvalue weighted by Crippen LogP contribution is 2.30. The first-order valence-corrected chi connectivity index (χ1v) is 10.9. The van der Waals surface area contributed by atoms with Crippen LogP contribution in [0.25, 0.3) is 10.9 Å². The summed E-state index contributed by atoms with van der Waals surface area (Å²) in [5.41, 5.74) is 4.95. The topological polar surface area (TPSA) is 58.3 Å². The number of anilines is 1. The molecule has 0 amide bonds. The van der Waals surface area contributed by atoms with E-state index in [4.69, 9.17) is 4.74 Å². The van der Waals surface area contributed by atoms with Gasteiger partial charge in [-0.2, -0.15) is 5.26 Å². The molecule has 4 rings (SSSR count). The second-order valence-electron chi connectivity index (χ2n) is 8.75. The number of hydrogen-bond donors (Lipinski definition) is 0. The quantitative estimate of drug-likeness (QED) is 0.609. The Kier molecular flexibility index (Phi) is 5.73. The fraction of sp³-hybridized carbons (Fsp3) is 0.385. The van der Waals surface area contributed by atoms with Crippen LogP contribution in [0.5, 0.6) is 5.75 Å². The number of nitriles is 1. The van der Waals surface area contributed by atoms with Crippen molar-refractivity contribution in [3.05, 3.63) is 69.5 Å². The Morgan fingerprint density at radius 3 is 2.48 bits per heavy atom. The van der Waals surface area contributed by atoms with E-state index in [0.717, 1.165) is 48.3 Å². The van der Waals surface area contributed by atoms with Crippen LogP contribution < -0.4 is 15.2 Å². The molecule has 0 radical (unpaired) electrons. The molecule has 0 bridgehead atoms. The highest BCUT2D eigenvalue weighted by molar-refractivity contribution is 5.93. The van der Waals surface area contributed by atoms with Crippen molar-refractivity contribution < 1.29 is 4.74 Å². The molecule has 5 heteroatoms. The van der Waals surface area contributed by atoms with Gasteiger partial charge in [-0.05, 0) is 54.3 Å². The zero-order valence-electron chi connectivity index (χ0n) is 18.7. The number of benzene rings is 2. The fourth-order valence-corrected chi connectivity index (χ4v) is 4.55. The Balaban J connectivity index is 1.52. The van der Waals surface area contributed by atoms with Crippen LogP contribution in [0.2, 0.25) is 0 Å². The van der Waals surface area contributed by atoms with E-state index in [9.17, 15) is 10.1 Å². The lowest BCUT2D eigenvalue weighted by atomic mass is 9.98. The van der Waals surface area contributed by atoms with Crippen molar-refractivity contribution in [3.63, 3.8) is 0 Å². The molecule has 0 atom stereocenters. The molecule has 1 aliphatic heterocycles. The standard InChI is InChI=1S/C26H29N3O2/c1-17(2)22-7-6-21(13-18(22)3)31-20-9-11-29(12-10-20)25-15-26(30)28(4)24-8-5-19(16-27)14-23(24)25/h5-8,13-15,17,20H,9-12H2,1-4H3. The van der Waals surface area contributed by atoms with E-state index >= 15 is 0 Å². The predicted molar refractivity (Wildman–Crippen MR) is 125 cm³/mol. The predicted octanol–water partition coefficient (Wildman–Crippen LogP) is 4.89. The first-order valence-electron chi connectivity index (χ1n) is 10.9. The highest BCUT2D eigenvalue weighted by Gasteiger charge is 2.23. The summed E-state index contributed by atoms with van der Waals surface area (Å²) in [4.78, 5) is 14.8. The van der Waals surface area contributed by atoms with Crippen molar-refractivity contribution in [3.8, 4) is 11.8 Å². The second-order valence-corrected chi connectivity index (χ2v) is 8.75. The number of aromatic nitrogens is 1. The largest absolute Gasteiger partial charge is 0.490 e. The van der Waals surface area contributed by atoms with Gasteiger partial charge in [-0.1, -0.05) is 19.9 Å². The Morgan fingerprint density at radius 1 is 1.10 bits per heavy atom. The molecule has 1 aliphatic rings. The second kappa shape index (κ2) is 8.47. The Morgan fingerprint density at radius 2 is 1.84 bits per heavy atom. The summed E-state index contributed by atoms with van der Waals surface area (Å²) in [5, 5.41) is 10.3. The van der Waals surface area contributed by atoms with Gasteiger partial charge in [0.15, 0.2) is 0 Å². The number of piperidine rings is 1. The van der Waals surface area contributed by atoms with E-state index < -0.39 is 0 Å². The van der Waals surface area contributed by atoms with Gasteiger partial charge >= 0.3 is 0 Å². The summed E-state index contributed by atoms with van der Waals surface area (Å²) in [7, 11) is 1.77. The van der Waals surface area contributed by atoms with Crippen LogP contribution in [0.3, 0.4) is 0 Å². The molecule has 1 saturated heterocycles. The number of hydrogen-bond acceptors (Lipinski definition) is 4. The Hall–Kier alpha value is -3.26. The van der Waals surface area contributed by atoms with E-state index in [-0.39, 0.29) is 11.7 Å². The minimum atomic E-state index is -0.0358. The summed E-state index contributed by atoms with van der Waals surface area (Å²) in [6, 6.07) is 15.8. The SMILES string of the molecule is Cc1cc(OC2CCN(c3cc(=O)n(C)c4ccc(C#N)cc34)CC2)ccc1C(C)C. The first-order chi connectivity index (χ1) is 14.9. The molecule has 1 aromatic heterocycles. The lowest BCUT2D eigenvalue weighted by molar-refractivity contribution is 0.171. The lowest BCUT2D eigenvalue weighted by Crippen LogP contribution is -2.39. The van der Waals surface area contributed by atoms with Gasteiger partial charge in [0.25, 0.3) is 5.56 Å². The van der Waals surface area contributed by atoms with Crippen LogP contribution in [0.1, 0.15) is 49.3 Å². The molecule has 31 heavy (non-hydrogen) atoms. The van der Waals surface area contributed by atoms with Gasteiger partial charge in [-0.15, -0.1) is 0 Å². The molecule has 160 valence electrons. The number of nitrogens with zero attached hydrogens (tertiary/aromatic N) is 3. The van der Waals surface area contributed by atoms with Gasteiger partial charge in [0.05, 0.1) is 22.8 Å². The average Bonchev–Trinajstić information content (AvgIpc) is 2.76. The first kappa shape index (κ1) is 21.0. The number of ether oxygens (including phenoxy) is 1. The van der Waals surface area contributed by atoms with Crippen molar-refractivity contribution in [2.24, 2.45) is 7.05 Å². The molecular weight excluding hydrogens is 386 g/mol. The molecule has 1 fully saturated rings. The third-order valence-electron chi connectivity index (χ3n) is 6.30. The molecule has 0 unspecified atom stereocenters. The summed E-state index contributed by atoms with van der Waals surface area (Å²) >= 11 is 0. The minimum Gasteiger partial charge on any atom is -0.490 e. The Labute approximate surface area is 183 Å². The van der Waals surface area contributed by atoms with Gasteiger partial charge in [0.1, 0.15) is 11.9 Å². The number of pyridine rings is 1. The van der Waals surface area contributed by atoms with Crippen LogP contribution in [0.15, 0.2) is 47.3 Å². The van der Waals surface area contributed by atoms with Gasteiger partial charge < -0.3 is 14.2 Å². The van der Waals surface area contributed by atoms with Crippen molar-refractivity contribution in [2.45, 2.75) is 45.6 Å². The van der Waals surface area contributed by atoms with Gasteiger partial charge in [0.2, 0.25) is 0 Å². The van der Waals surface area contributed by atoms with Crippen molar-refractivity contribution in [2.75, 3.05) is 18.0 Å². The van der Waals surface area contributed by atoms with Crippen molar-refractivity contribution in [1.82, 2.24) is 4.57 Å². The van der Waals surface area contributed by atoms with Gasteiger partial charge in [-0.3, -0.25) is 4.79 Å². The van der Waals surface area contributed by atoms with Crippen LogP contribution in [-0.2, 0) is 7.05 Å². The zero-order valence-corrected chi connectivity index (χ0v) is 18.7. The van der Waals surface area contributed by atoms with Gasteiger partial charge in [-0.25, -0.2) is 0 Å². The van der Waals surface area contributed by atoms with E-state index in [1.54, 1.807) is 23.7 Å². The molecule has 2 aromatic carbocycles. The van der Waals surface area contributed by atoms with Crippen LogP contribution >= 0.6 is 0 Å². The van der Waals surface area contributed by atoms with E-state index in [2.05, 4.69) is 49.9 Å². The number of rotatable bonds is 4.